The summed E-state index contributed by atoms with van der Waals surface area (Å²) >= 11 is 0. The Balaban J connectivity index is 2.10. The van der Waals surface area contributed by atoms with Crippen LogP contribution in [0.1, 0.15) is 37.8 Å². The largest absolute Gasteiger partial charge is 0.409 e. The number of amidine groups is 1. The molecule has 1 aromatic rings. The van der Waals surface area contributed by atoms with Gasteiger partial charge in [-0.1, -0.05) is 31.1 Å². The van der Waals surface area contributed by atoms with E-state index in [2.05, 4.69) is 23.9 Å². The summed E-state index contributed by atoms with van der Waals surface area (Å²) < 4.78 is 14.1. The lowest BCUT2D eigenvalue weighted by atomic mass is 9.84. The minimum absolute atomic E-state index is 0.0745. The molecule has 0 spiro atoms. The van der Waals surface area contributed by atoms with Crippen molar-refractivity contribution in [2.45, 2.75) is 33.2 Å². The van der Waals surface area contributed by atoms with Gasteiger partial charge in [-0.2, -0.15) is 0 Å². The number of nitrogens with zero attached hydrogens (tertiary/aromatic N) is 2. The summed E-state index contributed by atoms with van der Waals surface area (Å²) in [4.78, 5) is 2.28. The molecular weight excluding hydrogens is 257 g/mol. The molecule has 0 atom stereocenters. The van der Waals surface area contributed by atoms with Crippen LogP contribution in [0.4, 0.5) is 4.39 Å². The Morgan fingerprint density at radius 1 is 1.50 bits per heavy atom. The van der Waals surface area contributed by atoms with Gasteiger partial charge >= 0.3 is 0 Å². The maximum absolute atomic E-state index is 14.1. The quantitative estimate of drug-likeness (QED) is 0.387. The van der Waals surface area contributed by atoms with Gasteiger partial charge in [-0.25, -0.2) is 4.39 Å². The molecule has 0 unspecified atom stereocenters. The number of rotatable bonds is 3. The molecule has 0 bridgehead atoms. The van der Waals surface area contributed by atoms with Gasteiger partial charge in [-0.3, -0.25) is 4.90 Å². The van der Waals surface area contributed by atoms with Crippen LogP contribution in [0.3, 0.4) is 0 Å². The summed E-state index contributed by atoms with van der Waals surface area (Å²) in [5.74, 6) is -0.382. The Hall–Kier alpha value is -1.62. The number of halogens is 1. The topological polar surface area (TPSA) is 61.8 Å². The molecule has 20 heavy (non-hydrogen) atoms. The average Bonchev–Trinajstić information content (AvgIpc) is 2.39. The molecule has 1 saturated heterocycles. The second-order valence-electron chi connectivity index (χ2n) is 6.27. The van der Waals surface area contributed by atoms with Gasteiger partial charge in [0, 0.05) is 24.2 Å². The zero-order valence-corrected chi connectivity index (χ0v) is 12.1. The highest BCUT2D eigenvalue weighted by molar-refractivity contribution is 5.97. The van der Waals surface area contributed by atoms with Gasteiger partial charge < -0.3 is 10.9 Å². The monoisotopic (exact) mass is 279 g/mol. The molecule has 1 heterocycles. The van der Waals surface area contributed by atoms with Crippen LogP contribution < -0.4 is 5.73 Å². The molecule has 0 saturated carbocycles. The minimum Gasteiger partial charge on any atom is -0.409 e. The third kappa shape index (κ3) is 3.48. The van der Waals surface area contributed by atoms with E-state index in [1.165, 1.54) is 12.5 Å². The fraction of sp³-hybridized carbons (Fsp3) is 0.533. The van der Waals surface area contributed by atoms with Crippen molar-refractivity contribution >= 4 is 5.84 Å². The van der Waals surface area contributed by atoms with Crippen molar-refractivity contribution < 1.29 is 9.60 Å². The molecule has 110 valence electrons. The van der Waals surface area contributed by atoms with Crippen LogP contribution in [-0.4, -0.2) is 29.0 Å². The molecule has 0 amide bonds. The van der Waals surface area contributed by atoms with E-state index in [0.717, 1.165) is 19.5 Å². The predicted octanol–water partition coefficient (Wildman–Crippen LogP) is 2.54. The van der Waals surface area contributed by atoms with Gasteiger partial charge in [0.2, 0.25) is 0 Å². The molecule has 3 N–H and O–H groups in total. The SMILES string of the molecule is CC1(C)CCCN(Cc2ccc(C(N)=NO)cc2F)C1. The fourth-order valence-corrected chi connectivity index (χ4v) is 2.81. The van der Waals surface area contributed by atoms with Crippen LogP contribution in [0.2, 0.25) is 0 Å². The number of nitrogens with two attached hydrogens (primary N) is 1. The standard InChI is InChI=1S/C15H22FN3O/c1-15(2)6-3-7-19(10-15)9-12-5-4-11(8-13(12)16)14(17)18-20/h4-5,8,20H,3,6-7,9-10H2,1-2H3,(H2,17,18). The molecule has 1 aliphatic rings. The highest BCUT2D eigenvalue weighted by Crippen LogP contribution is 2.29. The summed E-state index contributed by atoms with van der Waals surface area (Å²) in [6.07, 6.45) is 2.37. The Labute approximate surface area is 119 Å². The first-order chi connectivity index (χ1) is 9.41. The molecule has 1 aliphatic heterocycles. The van der Waals surface area contributed by atoms with E-state index in [9.17, 15) is 4.39 Å². The lowest BCUT2D eigenvalue weighted by Crippen LogP contribution is -2.39. The van der Waals surface area contributed by atoms with Gasteiger partial charge in [0.15, 0.2) is 5.84 Å². The molecule has 1 aromatic carbocycles. The van der Waals surface area contributed by atoms with Crippen molar-refractivity contribution in [2.75, 3.05) is 13.1 Å². The van der Waals surface area contributed by atoms with Crippen LogP contribution in [-0.2, 0) is 6.54 Å². The van der Waals surface area contributed by atoms with Gasteiger partial charge in [0.05, 0.1) is 0 Å². The van der Waals surface area contributed by atoms with E-state index in [0.29, 0.717) is 23.1 Å². The molecule has 2 rings (SSSR count). The number of hydrogen-bond acceptors (Lipinski definition) is 3. The van der Waals surface area contributed by atoms with Gasteiger partial charge in [0.1, 0.15) is 5.82 Å². The predicted molar refractivity (Wildman–Crippen MR) is 77.2 cm³/mol. The lowest BCUT2D eigenvalue weighted by Gasteiger charge is -2.38. The van der Waals surface area contributed by atoms with Gasteiger partial charge in [-0.15, -0.1) is 0 Å². The van der Waals surface area contributed by atoms with Crippen molar-refractivity contribution in [1.29, 1.82) is 0 Å². The number of likely N-dealkylation sites (tertiary alicyclic amines) is 1. The van der Waals surface area contributed by atoms with E-state index in [1.807, 2.05) is 0 Å². The van der Waals surface area contributed by atoms with Crippen LogP contribution in [0.15, 0.2) is 23.4 Å². The van der Waals surface area contributed by atoms with Crippen molar-refractivity contribution in [1.82, 2.24) is 4.90 Å². The second-order valence-corrected chi connectivity index (χ2v) is 6.27. The second kappa shape index (κ2) is 5.79. The first-order valence-electron chi connectivity index (χ1n) is 6.90. The molecule has 4 nitrogen and oxygen atoms in total. The van der Waals surface area contributed by atoms with Crippen molar-refractivity contribution in [3.8, 4) is 0 Å². The summed E-state index contributed by atoms with van der Waals surface area (Å²) in [5.41, 5.74) is 6.80. The Morgan fingerprint density at radius 3 is 2.85 bits per heavy atom. The molecule has 0 radical (unpaired) electrons. The maximum Gasteiger partial charge on any atom is 0.170 e. The van der Waals surface area contributed by atoms with E-state index < -0.39 is 0 Å². The third-order valence-electron chi connectivity index (χ3n) is 3.83. The van der Waals surface area contributed by atoms with E-state index in [4.69, 9.17) is 10.9 Å². The van der Waals surface area contributed by atoms with Crippen LogP contribution in [0, 0.1) is 11.2 Å². The summed E-state index contributed by atoms with van der Waals surface area (Å²) in [6.45, 7) is 7.08. The van der Waals surface area contributed by atoms with E-state index in [1.54, 1.807) is 12.1 Å². The smallest absolute Gasteiger partial charge is 0.170 e. The molecular formula is C15H22FN3O. The van der Waals surface area contributed by atoms with Crippen LogP contribution in [0.5, 0.6) is 0 Å². The number of hydrogen-bond donors (Lipinski definition) is 2. The van der Waals surface area contributed by atoms with Gasteiger partial charge in [-0.05, 0) is 30.9 Å². The molecule has 0 aliphatic carbocycles. The minimum atomic E-state index is -0.308. The first-order valence-corrected chi connectivity index (χ1v) is 6.90. The highest BCUT2D eigenvalue weighted by Gasteiger charge is 2.26. The summed E-state index contributed by atoms with van der Waals surface area (Å²) in [5, 5.41) is 11.5. The molecule has 5 heteroatoms. The Kier molecular flexibility index (Phi) is 4.28. The van der Waals surface area contributed by atoms with E-state index >= 15 is 0 Å². The lowest BCUT2D eigenvalue weighted by molar-refractivity contribution is 0.110. The summed E-state index contributed by atoms with van der Waals surface area (Å²) in [6, 6.07) is 4.71. The Morgan fingerprint density at radius 2 is 2.25 bits per heavy atom. The molecule has 0 aromatic heterocycles. The summed E-state index contributed by atoms with van der Waals surface area (Å²) in [7, 11) is 0. The zero-order valence-electron chi connectivity index (χ0n) is 12.1. The molecule has 1 fully saturated rings. The average molecular weight is 279 g/mol. The fourth-order valence-electron chi connectivity index (χ4n) is 2.81. The number of piperidine rings is 1. The van der Waals surface area contributed by atoms with Crippen molar-refractivity contribution in [3.05, 3.63) is 35.1 Å². The number of oxime groups is 1. The maximum atomic E-state index is 14.1. The van der Waals surface area contributed by atoms with E-state index in [-0.39, 0.29) is 11.7 Å². The number of benzene rings is 1. The van der Waals surface area contributed by atoms with Crippen molar-refractivity contribution in [3.63, 3.8) is 0 Å². The normalized spacial score (nSPS) is 20.1. The third-order valence-corrected chi connectivity index (χ3v) is 3.83. The Bertz CT molecular complexity index is 514. The first kappa shape index (κ1) is 14.8. The van der Waals surface area contributed by atoms with Crippen molar-refractivity contribution in [2.24, 2.45) is 16.3 Å². The zero-order chi connectivity index (χ0) is 14.8. The highest BCUT2D eigenvalue weighted by atomic mass is 19.1. The van der Waals surface area contributed by atoms with Crippen LogP contribution >= 0.6 is 0 Å². The van der Waals surface area contributed by atoms with Crippen LogP contribution in [0.25, 0.3) is 0 Å². The van der Waals surface area contributed by atoms with Gasteiger partial charge in [0.25, 0.3) is 0 Å².